The van der Waals surface area contributed by atoms with Crippen molar-refractivity contribution < 1.29 is 4.92 Å². The van der Waals surface area contributed by atoms with Crippen molar-refractivity contribution in [2.75, 3.05) is 5.32 Å². The van der Waals surface area contributed by atoms with Crippen LogP contribution in [0.15, 0.2) is 24.5 Å². The maximum Gasteiger partial charge on any atom is 0.334 e. The minimum Gasteiger partial charge on any atom is -0.360 e. The number of nitro groups is 1. The van der Waals surface area contributed by atoms with Gasteiger partial charge in [0, 0.05) is 31.9 Å². The Morgan fingerprint density at radius 2 is 2.25 bits per heavy atom. The zero-order valence-electron chi connectivity index (χ0n) is 11.7. The second-order valence-corrected chi connectivity index (χ2v) is 4.83. The van der Waals surface area contributed by atoms with Gasteiger partial charge in [-0.1, -0.05) is 19.9 Å². The van der Waals surface area contributed by atoms with E-state index < -0.39 is 0 Å². The highest BCUT2D eigenvalue weighted by Crippen LogP contribution is 2.32. The van der Waals surface area contributed by atoms with Crippen molar-refractivity contribution in [3.63, 3.8) is 0 Å². The van der Waals surface area contributed by atoms with E-state index in [4.69, 9.17) is 0 Å². The highest BCUT2D eigenvalue weighted by Gasteiger charge is 2.28. The molecule has 20 heavy (non-hydrogen) atoms. The van der Waals surface area contributed by atoms with Crippen molar-refractivity contribution in [3.8, 4) is 0 Å². The summed E-state index contributed by atoms with van der Waals surface area (Å²) in [4.78, 5) is 14.9. The molecule has 0 fully saturated rings. The molecule has 2 rings (SSSR count). The lowest BCUT2D eigenvalue weighted by Gasteiger charge is -2.05. The van der Waals surface area contributed by atoms with Gasteiger partial charge in [0.25, 0.3) is 0 Å². The van der Waals surface area contributed by atoms with Crippen LogP contribution in [0.5, 0.6) is 0 Å². The molecule has 0 unspecified atom stereocenters. The molecular weight excluding hydrogens is 258 g/mol. The first-order valence-corrected chi connectivity index (χ1v) is 6.34. The molecule has 0 atom stereocenters. The second-order valence-electron chi connectivity index (χ2n) is 4.83. The third-order valence-electron chi connectivity index (χ3n) is 2.96. The molecule has 0 amide bonds. The zero-order valence-corrected chi connectivity index (χ0v) is 11.7. The minimum absolute atomic E-state index is 0.00413. The largest absolute Gasteiger partial charge is 0.360 e. The van der Waals surface area contributed by atoms with Gasteiger partial charge in [0.05, 0.1) is 4.92 Å². The van der Waals surface area contributed by atoms with Gasteiger partial charge >= 0.3 is 5.69 Å². The van der Waals surface area contributed by atoms with E-state index in [1.54, 1.807) is 19.4 Å². The molecule has 0 radical (unpaired) electrons. The van der Waals surface area contributed by atoms with Gasteiger partial charge < -0.3 is 5.32 Å². The number of hydrogen-bond acceptors (Lipinski definition) is 5. The van der Waals surface area contributed by atoms with E-state index in [1.165, 1.54) is 4.68 Å². The molecule has 1 N–H and O–H groups in total. The normalized spacial score (nSPS) is 10.8. The highest BCUT2D eigenvalue weighted by molar-refractivity contribution is 5.60. The van der Waals surface area contributed by atoms with Crippen LogP contribution >= 0.6 is 0 Å². The van der Waals surface area contributed by atoms with Crippen LogP contribution in [0, 0.1) is 10.1 Å². The van der Waals surface area contributed by atoms with Gasteiger partial charge in [-0.3, -0.25) is 15.1 Å². The Labute approximate surface area is 116 Å². The van der Waals surface area contributed by atoms with Crippen LogP contribution in [0.25, 0.3) is 0 Å². The molecule has 0 aromatic carbocycles. The van der Waals surface area contributed by atoms with Gasteiger partial charge in [0.2, 0.25) is 5.82 Å². The molecule has 106 valence electrons. The van der Waals surface area contributed by atoms with Crippen LogP contribution in [-0.2, 0) is 13.6 Å². The minimum atomic E-state index is -0.381. The lowest BCUT2D eigenvalue weighted by molar-refractivity contribution is -0.384. The Balaban J connectivity index is 2.29. The molecule has 2 aromatic rings. The van der Waals surface area contributed by atoms with Gasteiger partial charge in [0.1, 0.15) is 5.69 Å². The van der Waals surface area contributed by atoms with Crippen molar-refractivity contribution in [2.24, 2.45) is 7.05 Å². The Kier molecular flexibility index (Phi) is 3.97. The van der Waals surface area contributed by atoms with Gasteiger partial charge in [-0.15, -0.1) is 0 Å². The number of nitrogens with zero attached hydrogens (tertiary/aromatic N) is 4. The lowest BCUT2D eigenvalue weighted by atomic mass is 10.1. The molecule has 0 aliphatic carbocycles. The Morgan fingerprint density at radius 1 is 1.50 bits per heavy atom. The van der Waals surface area contributed by atoms with E-state index >= 15 is 0 Å². The number of hydrogen-bond donors (Lipinski definition) is 1. The predicted molar refractivity (Wildman–Crippen MR) is 75.5 cm³/mol. The molecular formula is C13H17N5O2. The predicted octanol–water partition coefficient (Wildman–Crippen LogP) is 2.46. The third kappa shape index (κ3) is 2.76. The van der Waals surface area contributed by atoms with E-state index in [0.717, 1.165) is 5.56 Å². The maximum absolute atomic E-state index is 11.3. The zero-order chi connectivity index (χ0) is 14.7. The number of nitrogens with one attached hydrogen (secondary N) is 1. The van der Waals surface area contributed by atoms with Crippen LogP contribution in [0.3, 0.4) is 0 Å². The molecule has 2 aromatic heterocycles. The van der Waals surface area contributed by atoms with Crippen molar-refractivity contribution in [3.05, 3.63) is 45.9 Å². The summed E-state index contributed by atoms with van der Waals surface area (Å²) < 4.78 is 1.52. The molecule has 0 saturated carbocycles. The standard InChI is InChI=1S/C13H17N5O2/c1-9(2)11-12(18(19)20)13(17(3)16-11)15-8-10-5-4-6-14-7-10/h4-7,9,15H,8H2,1-3H3. The SMILES string of the molecule is CC(C)c1nn(C)c(NCc2cccnc2)c1[N+](=O)[O-]. The summed E-state index contributed by atoms with van der Waals surface area (Å²) in [7, 11) is 1.70. The quantitative estimate of drug-likeness (QED) is 0.669. The van der Waals surface area contributed by atoms with Gasteiger partial charge in [0.15, 0.2) is 0 Å². The Bertz CT molecular complexity index is 607. The van der Waals surface area contributed by atoms with Crippen molar-refractivity contribution in [1.29, 1.82) is 0 Å². The highest BCUT2D eigenvalue weighted by atomic mass is 16.6. The molecule has 0 aliphatic heterocycles. The molecule has 7 heteroatoms. The monoisotopic (exact) mass is 275 g/mol. The van der Waals surface area contributed by atoms with Crippen molar-refractivity contribution >= 4 is 11.5 Å². The number of aryl methyl sites for hydroxylation is 1. The summed E-state index contributed by atoms with van der Waals surface area (Å²) >= 11 is 0. The number of anilines is 1. The molecule has 0 saturated heterocycles. The summed E-state index contributed by atoms with van der Waals surface area (Å²) in [6.45, 7) is 4.24. The first kappa shape index (κ1) is 14.0. The van der Waals surface area contributed by atoms with Crippen molar-refractivity contribution in [1.82, 2.24) is 14.8 Å². The van der Waals surface area contributed by atoms with Crippen LogP contribution in [0.4, 0.5) is 11.5 Å². The van der Waals surface area contributed by atoms with Crippen LogP contribution in [0.1, 0.15) is 31.0 Å². The summed E-state index contributed by atoms with van der Waals surface area (Å²) in [5.41, 5.74) is 1.49. The smallest absolute Gasteiger partial charge is 0.334 e. The molecule has 7 nitrogen and oxygen atoms in total. The molecule has 0 bridgehead atoms. The fourth-order valence-electron chi connectivity index (χ4n) is 1.99. The Hall–Kier alpha value is -2.44. The summed E-state index contributed by atoms with van der Waals surface area (Å²) in [6, 6.07) is 3.74. The second kappa shape index (κ2) is 5.68. The van der Waals surface area contributed by atoms with Gasteiger partial charge in [-0.2, -0.15) is 5.10 Å². The van der Waals surface area contributed by atoms with Crippen molar-refractivity contribution in [2.45, 2.75) is 26.3 Å². The number of pyridine rings is 1. The Morgan fingerprint density at radius 3 is 2.80 bits per heavy atom. The molecule has 0 spiro atoms. The summed E-state index contributed by atoms with van der Waals surface area (Å²) in [5.74, 6) is 0.415. The first-order valence-electron chi connectivity index (χ1n) is 6.34. The van der Waals surface area contributed by atoms with E-state index in [0.29, 0.717) is 18.1 Å². The van der Waals surface area contributed by atoms with Gasteiger partial charge in [-0.05, 0) is 11.6 Å². The number of aromatic nitrogens is 3. The van der Waals surface area contributed by atoms with E-state index in [-0.39, 0.29) is 16.5 Å². The van der Waals surface area contributed by atoms with Gasteiger partial charge in [-0.25, -0.2) is 4.68 Å². The third-order valence-corrected chi connectivity index (χ3v) is 2.96. The number of rotatable bonds is 5. The van der Waals surface area contributed by atoms with E-state index in [9.17, 15) is 10.1 Å². The summed E-state index contributed by atoms with van der Waals surface area (Å²) in [5, 5.41) is 18.6. The average Bonchev–Trinajstić information content (AvgIpc) is 2.75. The topological polar surface area (TPSA) is 85.9 Å². The average molecular weight is 275 g/mol. The van der Waals surface area contributed by atoms with Crippen LogP contribution < -0.4 is 5.32 Å². The first-order chi connectivity index (χ1) is 9.50. The summed E-state index contributed by atoms with van der Waals surface area (Å²) in [6.07, 6.45) is 3.41. The fourth-order valence-corrected chi connectivity index (χ4v) is 1.99. The van der Waals surface area contributed by atoms with Crippen LogP contribution in [0.2, 0.25) is 0 Å². The maximum atomic E-state index is 11.3. The lowest BCUT2D eigenvalue weighted by Crippen LogP contribution is -2.06. The molecule has 2 heterocycles. The van der Waals surface area contributed by atoms with E-state index in [2.05, 4.69) is 15.4 Å². The van der Waals surface area contributed by atoms with Crippen LogP contribution in [-0.4, -0.2) is 19.7 Å². The molecule has 0 aliphatic rings. The van der Waals surface area contributed by atoms with E-state index in [1.807, 2.05) is 26.0 Å². The fraction of sp³-hybridized carbons (Fsp3) is 0.385.